The first-order valence-electron chi connectivity index (χ1n) is 5.74. The van der Waals surface area contributed by atoms with Crippen LogP contribution in [0.3, 0.4) is 0 Å². The maximum Gasteiger partial charge on any atom is 0.251 e. The maximum absolute atomic E-state index is 11.8. The highest BCUT2D eigenvalue weighted by Gasteiger charge is 2.04. The van der Waals surface area contributed by atoms with Crippen molar-refractivity contribution in [1.82, 2.24) is 9.55 Å². The van der Waals surface area contributed by atoms with Crippen molar-refractivity contribution in [1.29, 1.82) is 0 Å². The molecule has 0 fully saturated rings. The fourth-order valence-corrected chi connectivity index (χ4v) is 2.84. The molecule has 0 radical (unpaired) electrons. The van der Waals surface area contributed by atoms with Gasteiger partial charge in [0.1, 0.15) is 5.01 Å². The molecule has 0 atom stereocenters. The topological polar surface area (TPSA) is 34.9 Å². The van der Waals surface area contributed by atoms with E-state index in [-0.39, 0.29) is 5.56 Å². The van der Waals surface area contributed by atoms with Crippen LogP contribution in [-0.4, -0.2) is 9.55 Å². The molecule has 18 heavy (non-hydrogen) atoms. The molecule has 3 nitrogen and oxygen atoms in total. The van der Waals surface area contributed by atoms with Crippen LogP contribution >= 0.6 is 11.3 Å². The number of rotatable bonds is 2. The van der Waals surface area contributed by atoms with E-state index in [0.29, 0.717) is 6.54 Å². The van der Waals surface area contributed by atoms with Crippen LogP contribution < -0.4 is 5.56 Å². The van der Waals surface area contributed by atoms with Gasteiger partial charge in [-0.3, -0.25) is 4.79 Å². The summed E-state index contributed by atoms with van der Waals surface area (Å²) < 4.78 is 2.85. The largest absolute Gasteiger partial charge is 0.309 e. The van der Waals surface area contributed by atoms with Gasteiger partial charge < -0.3 is 4.57 Å². The second kappa shape index (κ2) is 4.38. The van der Waals surface area contributed by atoms with Gasteiger partial charge in [0.15, 0.2) is 0 Å². The van der Waals surface area contributed by atoms with Crippen LogP contribution in [0.25, 0.3) is 10.2 Å². The Balaban J connectivity index is 1.98. The molecule has 0 saturated carbocycles. The number of benzene rings is 1. The Bertz CT molecular complexity index is 725. The fourth-order valence-electron chi connectivity index (χ4n) is 1.87. The molecule has 2 heterocycles. The number of pyridine rings is 1. The van der Waals surface area contributed by atoms with Gasteiger partial charge in [0, 0.05) is 12.3 Å². The van der Waals surface area contributed by atoms with Crippen molar-refractivity contribution < 1.29 is 0 Å². The Labute approximate surface area is 108 Å². The molecule has 0 aliphatic carbocycles. The lowest BCUT2D eigenvalue weighted by Crippen LogP contribution is -2.19. The highest BCUT2D eigenvalue weighted by atomic mass is 32.1. The Morgan fingerprint density at radius 1 is 1.28 bits per heavy atom. The lowest BCUT2D eigenvalue weighted by atomic mass is 10.3. The number of nitrogens with zero attached hydrogens (tertiary/aromatic N) is 2. The Kier molecular flexibility index (Phi) is 2.72. The Hall–Kier alpha value is -1.94. The van der Waals surface area contributed by atoms with Gasteiger partial charge in [-0.2, -0.15) is 0 Å². The maximum atomic E-state index is 11.8. The van der Waals surface area contributed by atoms with Crippen LogP contribution in [0.5, 0.6) is 0 Å². The SMILES string of the molecule is Cc1ccn(Cc2nc3ccccc3s2)c(=O)c1. The summed E-state index contributed by atoms with van der Waals surface area (Å²) in [6.45, 7) is 2.46. The van der Waals surface area contributed by atoms with Gasteiger partial charge in [0.2, 0.25) is 0 Å². The normalized spacial score (nSPS) is 10.9. The van der Waals surface area contributed by atoms with Gasteiger partial charge >= 0.3 is 0 Å². The molecule has 0 saturated heterocycles. The minimum Gasteiger partial charge on any atom is -0.309 e. The van der Waals surface area contributed by atoms with Crippen molar-refractivity contribution >= 4 is 21.6 Å². The number of aryl methyl sites for hydroxylation is 1. The van der Waals surface area contributed by atoms with E-state index in [1.54, 1.807) is 22.0 Å². The van der Waals surface area contributed by atoms with Gasteiger partial charge in [0.25, 0.3) is 5.56 Å². The number of fused-ring (bicyclic) bond motifs is 1. The molecule has 0 aliphatic heterocycles. The first-order valence-corrected chi connectivity index (χ1v) is 6.55. The second-order valence-electron chi connectivity index (χ2n) is 4.25. The van der Waals surface area contributed by atoms with Crippen LogP contribution in [0, 0.1) is 6.92 Å². The van der Waals surface area contributed by atoms with Gasteiger partial charge in [-0.05, 0) is 30.7 Å². The van der Waals surface area contributed by atoms with E-state index in [0.717, 1.165) is 20.8 Å². The monoisotopic (exact) mass is 256 g/mol. The van der Waals surface area contributed by atoms with Gasteiger partial charge in [-0.25, -0.2) is 4.98 Å². The Morgan fingerprint density at radius 3 is 2.89 bits per heavy atom. The molecule has 2 aromatic heterocycles. The van der Waals surface area contributed by atoms with E-state index < -0.39 is 0 Å². The number of hydrogen-bond acceptors (Lipinski definition) is 3. The molecule has 0 amide bonds. The number of thiazole rings is 1. The third-order valence-corrected chi connectivity index (χ3v) is 3.82. The molecule has 0 bridgehead atoms. The van der Waals surface area contributed by atoms with Crippen molar-refractivity contribution in [2.75, 3.05) is 0 Å². The molecule has 1 aromatic carbocycles. The summed E-state index contributed by atoms with van der Waals surface area (Å²) in [6.07, 6.45) is 1.82. The van der Waals surface area contributed by atoms with E-state index in [1.165, 1.54) is 0 Å². The number of para-hydroxylation sites is 1. The van der Waals surface area contributed by atoms with Crippen molar-refractivity contribution in [2.45, 2.75) is 13.5 Å². The summed E-state index contributed by atoms with van der Waals surface area (Å²) in [5, 5.41) is 0.960. The van der Waals surface area contributed by atoms with Crippen LogP contribution in [-0.2, 0) is 6.54 Å². The fraction of sp³-hybridized carbons (Fsp3) is 0.143. The first kappa shape index (κ1) is 11.2. The Morgan fingerprint density at radius 2 is 2.11 bits per heavy atom. The van der Waals surface area contributed by atoms with E-state index >= 15 is 0 Å². The molecule has 0 unspecified atom stereocenters. The lowest BCUT2D eigenvalue weighted by Gasteiger charge is -2.02. The average molecular weight is 256 g/mol. The molecule has 3 aromatic rings. The van der Waals surface area contributed by atoms with E-state index in [1.807, 2.05) is 37.4 Å². The van der Waals surface area contributed by atoms with Crippen LogP contribution in [0.1, 0.15) is 10.6 Å². The molecule has 4 heteroatoms. The van der Waals surface area contributed by atoms with Crippen LogP contribution in [0.2, 0.25) is 0 Å². The predicted octanol–water partition coefficient (Wildman–Crippen LogP) is 2.81. The highest BCUT2D eigenvalue weighted by Crippen LogP contribution is 2.21. The first-order chi connectivity index (χ1) is 8.72. The van der Waals surface area contributed by atoms with Crippen molar-refractivity contribution in [3.05, 3.63) is 63.5 Å². The summed E-state index contributed by atoms with van der Waals surface area (Å²) >= 11 is 1.63. The third kappa shape index (κ3) is 2.07. The summed E-state index contributed by atoms with van der Waals surface area (Å²) in [5.74, 6) is 0. The van der Waals surface area contributed by atoms with Crippen molar-refractivity contribution in [3.8, 4) is 0 Å². The van der Waals surface area contributed by atoms with E-state index in [4.69, 9.17) is 0 Å². The average Bonchev–Trinajstić information content (AvgIpc) is 2.75. The molecule has 0 N–H and O–H groups in total. The zero-order chi connectivity index (χ0) is 12.5. The molecule has 0 aliphatic rings. The third-order valence-electron chi connectivity index (χ3n) is 2.80. The minimum atomic E-state index is 0.0225. The van der Waals surface area contributed by atoms with Gasteiger partial charge in [-0.1, -0.05) is 12.1 Å². The number of hydrogen-bond donors (Lipinski definition) is 0. The predicted molar refractivity (Wildman–Crippen MR) is 74.2 cm³/mol. The molecular weight excluding hydrogens is 244 g/mol. The van der Waals surface area contributed by atoms with E-state index in [2.05, 4.69) is 11.1 Å². The quantitative estimate of drug-likeness (QED) is 0.706. The summed E-state index contributed by atoms with van der Waals surface area (Å²) in [5.41, 5.74) is 2.01. The van der Waals surface area contributed by atoms with Crippen LogP contribution in [0.4, 0.5) is 0 Å². The second-order valence-corrected chi connectivity index (χ2v) is 5.36. The van der Waals surface area contributed by atoms with Gasteiger partial charge in [0.05, 0.1) is 16.8 Å². The highest BCUT2D eigenvalue weighted by molar-refractivity contribution is 7.18. The standard InChI is InChI=1S/C14H12N2OS/c1-10-6-7-16(14(17)8-10)9-13-15-11-4-2-3-5-12(11)18-13/h2-8H,9H2,1H3. The summed E-state index contributed by atoms with van der Waals surface area (Å²) in [6, 6.07) is 11.6. The molecule has 0 spiro atoms. The zero-order valence-electron chi connectivity index (χ0n) is 9.96. The van der Waals surface area contributed by atoms with E-state index in [9.17, 15) is 4.79 Å². The minimum absolute atomic E-state index is 0.0225. The molecule has 3 rings (SSSR count). The zero-order valence-corrected chi connectivity index (χ0v) is 10.8. The summed E-state index contributed by atoms with van der Waals surface area (Å²) in [7, 11) is 0. The molecule has 90 valence electrons. The van der Waals surface area contributed by atoms with Crippen LogP contribution in [0.15, 0.2) is 47.4 Å². The smallest absolute Gasteiger partial charge is 0.251 e. The number of aromatic nitrogens is 2. The summed E-state index contributed by atoms with van der Waals surface area (Å²) in [4.78, 5) is 16.3. The van der Waals surface area contributed by atoms with Crippen molar-refractivity contribution in [3.63, 3.8) is 0 Å². The molecular formula is C14H12N2OS. The lowest BCUT2D eigenvalue weighted by molar-refractivity contribution is 0.753. The van der Waals surface area contributed by atoms with Gasteiger partial charge in [-0.15, -0.1) is 11.3 Å². The van der Waals surface area contributed by atoms with Crippen molar-refractivity contribution in [2.24, 2.45) is 0 Å².